The van der Waals surface area contributed by atoms with Crippen molar-refractivity contribution in [2.24, 2.45) is 0 Å². The predicted octanol–water partition coefficient (Wildman–Crippen LogP) is 4.10. The molecule has 1 unspecified atom stereocenters. The van der Waals surface area contributed by atoms with Crippen molar-refractivity contribution in [2.45, 2.75) is 24.8 Å². The lowest BCUT2D eigenvalue weighted by molar-refractivity contribution is -0.120. The van der Waals surface area contributed by atoms with Gasteiger partial charge in [-0.2, -0.15) is 0 Å². The molecule has 198 valence electrons. The van der Waals surface area contributed by atoms with Gasteiger partial charge in [0.2, 0.25) is 5.91 Å². The molecule has 0 bridgehead atoms. The third kappa shape index (κ3) is 6.26. The molecular formula is C27H32N2O7S. The van der Waals surface area contributed by atoms with Crippen molar-refractivity contribution in [3.63, 3.8) is 0 Å². The second-order valence-electron chi connectivity index (χ2n) is 8.26. The zero-order valence-corrected chi connectivity index (χ0v) is 22.6. The van der Waals surface area contributed by atoms with Crippen LogP contribution in [-0.2, 0) is 14.8 Å². The maximum atomic E-state index is 13.8. The summed E-state index contributed by atoms with van der Waals surface area (Å²) in [4.78, 5) is 13.3. The number of nitrogens with one attached hydrogen (secondary N) is 1. The van der Waals surface area contributed by atoms with Crippen LogP contribution in [-0.4, -0.2) is 49.3 Å². The Labute approximate surface area is 218 Å². The van der Waals surface area contributed by atoms with Crippen LogP contribution in [0.1, 0.15) is 24.1 Å². The highest BCUT2D eigenvalue weighted by molar-refractivity contribution is 7.92. The lowest BCUT2D eigenvalue weighted by Gasteiger charge is -2.27. The van der Waals surface area contributed by atoms with Crippen LogP contribution < -0.4 is 28.6 Å². The first-order valence-electron chi connectivity index (χ1n) is 11.5. The molecule has 1 N–H and O–H groups in total. The third-order valence-corrected chi connectivity index (χ3v) is 7.61. The number of hydrogen-bond acceptors (Lipinski definition) is 7. The molecule has 0 fully saturated rings. The van der Waals surface area contributed by atoms with Gasteiger partial charge in [0.05, 0.1) is 45.1 Å². The number of methoxy groups -OCH3 is 4. The maximum absolute atomic E-state index is 13.8. The summed E-state index contributed by atoms with van der Waals surface area (Å²) in [5.41, 5.74) is 1.76. The second kappa shape index (κ2) is 11.9. The van der Waals surface area contributed by atoms with Crippen LogP contribution in [0.4, 0.5) is 5.69 Å². The van der Waals surface area contributed by atoms with Crippen LogP contribution in [0.15, 0.2) is 65.6 Å². The fourth-order valence-corrected chi connectivity index (χ4v) is 5.23. The summed E-state index contributed by atoms with van der Waals surface area (Å²) in [7, 11) is 1.83. The molecule has 0 aliphatic rings. The largest absolute Gasteiger partial charge is 0.497 e. The number of sulfonamides is 1. The first kappa shape index (κ1) is 27.7. The van der Waals surface area contributed by atoms with E-state index in [-0.39, 0.29) is 16.3 Å². The van der Waals surface area contributed by atoms with Crippen molar-refractivity contribution in [3.05, 3.63) is 71.8 Å². The van der Waals surface area contributed by atoms with Crippen LogP contribution in [0.3, 0.4) is 0 Å². The molecule has 0 heterocycles. The molecule has 10 heteroatoms. The molecule has 3 aromatic rings. The highest BCUT2D eigenvalue weighted by Gasteiger charge is 2.30. The van der Waals surface area contributed by atoms with Crippen molar-refractivity contribution in [1.82, 2.24) is 5.32 Å². The summed E-state index contributed by atoms with van der Waals surface area (Å²) in [5, 5.41) is 2.87. The number of nitrogens with zero attached hydrogens (tertiary/aromatic N) is 1. The average molecular weight is 529 g/mol. The highest BCUT2D eigenvalue weighted by Crippen LogP contribution is 2.36. The molecule has 3 rings (SSSR count). The number of aryl methyl sites for hydroxylation is 1. The Bertz CT molecular complexity index is 1340. The number of carbonyl (C=O) groups is 1. The van der Waals surface area contributed by atoms with E-state index in [1.54, 1.807) is 56.5 Å². The van der Waals surface area contributed by atoms with Crippen molar-refractivity contribution < 1.29 is 32.2 Å². The summed E-state index contributed by atoms with van der Waals surface area (Å²) >= 11 is 0. The van der Waals surface area contributed by atoms with Gasteiger partial charge >= 0.3 is 0 Å². The Morgan fingerprint density at radius 3 is 1.97 bits per heavy atom. The van der Waals surface area contributed by atoms with Gasteiger partial charge in [-0.15, -0.1) is 0 Å². The molecule has 0 radical (unpaired) electrons. The van der Waals surface area contributed by atoms with E-state index >= 15 is 0 Å². The molecule has 0 aliphatic carbocycles. The minimum atomic E-state index is -4.16. The van der Waals surface area contributed by atoms with Gasteiger partial charge in [0.25, 0.3) is 10.0 Å². The SMILES string of the molecule is COc1ccc(OC)c(C(C)NC(=O)CN(c2cc(OC)ccc2OC)S(=O)(=O)c2ccc(C)cc2)c1. The molecule has 0 saturated carbocycles. The van der Waals surface area contributed by atoms with E-state index in [9.17, 15) is 13.2 Å². The summed E-state index contributed by atoms with van der Waals surface area (Å²) < 4.78 is 50.1. The normalized spacial score (nSPS) is 11.8. The highest BCUT2D eigenvalue weighted by atomic mass is 32.2. The lowest BCUT2D eigenvalue weighted by atomic mass is 10.1. The number of carbonyl (C=O) groups excluding carboxylic acids is 1. The van der Waals surface area contributed by atoms with Crippen LogP contribution >= 0.6 is 0 Å². The number of amides is 1. The molecule has 1 atom stereocenters. The maximum Gasteiger partial charge on any atom is 0.264 e. The molecule has 9 nitrogen and oxygen atoms in total. The van der Waals surface area contributed by atoms with Gasteiger partial charge in [0.15, 0.2) is 0 Å². The molecule has 3 aromatic carbocycles. The Kier molecular flexibility index (Phi) is 8.88. The molecular weight excluding hydrogens is 496 g/mol. The van der Waals surface area contributed by atoms with E-state index in [0.717, 1.165) is 9.87 Å². The van der Waals surface area contributed by atoms with Gasteiger partial charge in [0, 0.05) is 11.6 Å². The van der Waals surface area contributed by atoms with Crippen LogP contribution in [0.25, 0.3) is 0 Å². The van der Waals surface area contributed by atoms with E-state index in [0.29, 0.717) is 22.8 Å². The van der Waals surface area contributed by atoms with E-state index in [1.807, 2.05) is 6.92 Å². The van der Waals surface area contributed by atoms with Gasteiger partial charge in [-0.1, -0.05) is 17.7 Å². The smallest absolute Gasteiger partial charge is 0.264 e. The second-order valence-corrected chi connectivity index (χ2v) is 10.1. The third-order valence-electron chi connectivity index (χ3n) is 5.83. The Hall–Kier alpha value is -3.92. The van der Waals surface area contributed by atoms with Crippen LogP contribution in [0, 0.1) is 6.92 Å². The average Bonchev–Trinajstić information content (AvgIpc) is 2.91. The van der Waals surface area contributed by atoms with Gasteiger partial charge < -0.3 is 24.3 Å². The molecule has 0 spiro atoms. The first-order chi connectivity index (χ1) is 17.6. The topological polar surface area (TPSA) is 103 Å². The standard InChI is InChI=1S/C27H32N2O7S/c1-18-7-11-22(12-8-18)37(31,32)29(24-16-21(34-4)10-14-26(24)36-6)17-27(30)28-19(2)23-15-20(33-3)9-13-25(23)35-5/h7-16,19H,17H2,1-6H3,(H,28,30). The van der Waals surface area contributed by atoms with Crippen molar-refractivity contribution >= 4 is 21.6 Å². The number of rotatable bonds is 11. The summed E-state index contributed by atoms with van der Waals surface area (Å²) in [6.07, 6.45) is 0. The quantitative estimate of drug-likeness (QED) is 0.400. The fourth-order valence-electron chi connectivity index (χ4n) is 3.80. The summed E-state index contributed by atoms with van der Waals surface area (Å²) in [6, 6.07) is 15.9. The number of benzene rings is 3. The van der Waals surface area contributed by atoms with Gasteiger partial charge in [-0.25, -0.2) is 8.42 Å². The van der Waals surface area contributed by atoms with Crippen molar-refractivity contribution in [2.75, 3.05) is 39.3 Å². The molecule has 0 aromatic heterocycles. The number of anilines is 1. The Balaban J connectivity index is 2.01. The van der Waals surface area contributed by atoms with Gasteiger partial charge in [-0.3, -0.25) is 9.10 Å². The summed E-state index contributed by atoms with van der Waals surface area (Å²) in [5.74, 6) is 1.31. The predicted molar refractivity (Wildman–Crippen MR) is 141 cm³/mol. The zero-order chi connectivity index (χ0) is 27.2. The zero-order valence-electron chi connectivity index (χ0n) is 21.8. The molecule has 0 aliphatic heterocycles. The Morgan fingerprint density at radius 2 is 1.41 bits per heavy atom. The van der Waals surface area contributed by atoms with E-state index in [2.05, 4.69) is 5.32 Å². The lowest BCUT2D eigenvalue weighted by Crippen LogP contribution is -2.41. The number of ether oxygens (including phenoxy) is 4. The minimum Gasteiger partial charge on any atom is -0.497 e. The monoisotopic (exact) mass is 528 g/mol. The van der Waals surface area contributed by atoms with Crippen LogP contribution in [0.5, 0.6) is 23.0 Å². The minimum absolute atomic E-state index is 0.0401. The van der Waals surface area contributed by atoms with Crippen molar-refractivity contribution in [1.29, 1.82) is 0 Å². The summed E-state index contributed by atoms with van der Waals surface area (Å²) in [6.45, 7) is 3.14. The molecule has 0 saturated heterocycles. The van der Waals surface area contributed by atoms with E-state index < -0.39 is 28.5 Å². The Morgan fingerprint density at radius 1 is 0.838 bits per heavy atom. The van der Waals surface area contributed by atoms with Crippen LogP contribution in [0.2, 0.25) is 0 Å². The molecule has 37 heavy (non-hydrogen) atoms. The fraction of sp³-hybridized carbons (Fsp3) is 0.296. The van der Waals surface area contributed by atoms with Gasteiger partial charge in [0.1, 0.15) is 29.5 Å². The first-order valence-corrected chi connectivity index (χ1v) is 12.9. The number of hydrogen-bond donors (Lipinski definition) is 1. The van der Waals surface area contributed by atoms with E-state index in [4.69, 9.17) is 18.9 Å². The van der Waals surface area contributed by atoms with E-state index in [1.165, 1.54) is 39.5 Å². The van der Waals surface area contributed by atoms with Gasteiger partial charge in [-0.05, 0) is 56.3 Å². The molecule has 1 amide bonds. The van der Waals surface area contributed by atoms with Crippen molar-refractivity contribution in [3.8, 4) is 23.0 Å².